The van der Waals surface area contributed by atoms with Crippen LogP contribution in [-0.4, -0.2) is 36.7 Å². The van der Waals surface area contributed by atoms with E-state index < -0.39 is 0 Å². The summed E-state index contributed by atoms with van der Waals surface area (Å²) in [7, 11) is 0. The van der Waals surface area contributed by atoms with Gasteiger partial charge in [-0.15, -0.1) is 23.7 Å². The minimum atomic E-state index is -0.287. The van der Waals surface area contributed by atoms with E-state index in [-0.39, 0.29) is 30.4 Å². The highest BCUT2D eigenvalue weighted by Gasteiger charge is 2.24. The third-order valence-corrected chi connectivity index (χ3v) is 5.56. The second kappa shape index (κ2) is 8.96. The highest BCUT2D eigenvalue weighted by molar-refractivity contribution is 7.15. The molecule has 0 spiro atoms. The molecule has 2 N–H and O–H groups in total. The van der Waals surface area contributed by atoms with Crippen molar-refractivity contribution >= 4 is 41.3 Å². The van der Waals surface area contributed by atoms with Gasteiger partial charge in [0.25, 0.3) is 0 Å². The Morgan fingerprint density at radius 1 is 1.44 bits per heavy atom. The first-order valence-electron chi connectivity index (χ1n) is 7.89. The molecule has 1 amide bonds. The van der Waals surface area contributed by atoms with Gasteiger partial charge in [0.05, 0.1) is 29.8 Å². The van der Waals surface area contributed by atoms with Gasteiger partial charge in [-0.25, -0.2) is 4.98 Å². The molecule has 1 saturated heterocycles. The zero-order valence-corrected chi connectivity index (χ0v) is 16.4. The Kier molecular flexibility index (Phi) is 7.22. The summed E-state index contributed by atoms with van der Waals surface area (Å²) in [5.41, 5.74) is 1.96. The summed E-state index contributed by atoms with van der Waals surface area (Å²) in [4.78, 5) is 18.0. The van der Waals surface area contributed by atoms with Crippen LogP contribution in [0.3, 0.4) is 0 Å². The fraction of sp³-hybridized carbons (Fsp3) is 0.412. The summed E-state index contributed by atoms with van der Waals surface area (Å²) in [6, 6.07) is 7.24. The smallest absolute Gasteiger partial charge is 0.240 e. The molecular formula is C17H21Cl2N3O2S. The number of aromatic nitrogens is 1. The van der Waals surface area contributed by atoms with E-state index in [1.165, 1.54) is 0 Å². The van der Waals surface area contributed by atoms with Crippen LogP contribution < -0.4 is 10.6 Å². The quantitative estimate of drug-likeness (QED) is 0.824. The lowest BCUT2D eigenvalue weighted by Gasteiger charge is -2.24. The lowest BCUT2D eigenvalue weighted by Crippen LogP contribution is -2.51. The minimum absolute atomic E-state index is 0. The molecule has 0 saturated carbocycles. The topological polar surface area (TPSA) is 63.2 Å². The molecule has 2 aromatic rings. The first-order valence-corrected chi connectivity index (χ1v) is 9.09. The molecule has 1 aliphatic heterocycles. The zero-order chi connectivity index (χ0) is 17.1. The molecule has 136 valence electrons. The maximum absolute atomic E-state index is 12.3. The Morgan fingerprint density at radius 2 is 2.16 bits per heavy atom. The van der Waals surface area contributed by atoms with Crippen LogP contribution in [0.25, 0.3) is 10.6 Å². The van der Waals surface area contributed by atoms with E-state index in [2.05, 4.69) is 15.6 Å². The van der Waals surface area contributed by atoms with Crippen molar-refractivity contribution in [1.29, 1.82) is 0 Å². The number of hydrogen-bond donors (Lipinski definition) is 2. The van der Waals surface area contributed by atoms with Gasteiger partial charge in [-0.2, -0.15) is 0 Å². The summed E-state index contributed by atoms with van der Waals surface area (Å²) in [6.07, 6.45) is 0. The molecule has 1 fully saturated rings. The van der Waals surface area contributed by atoms with Gasteiger partial charge in [0.15, 0.2) is 0 Å². The second-order valence-corrected chi connectivity index (χ2v) is 7.25. The molecule has 0 aliphatic carbocycles. The van der Waals surface area contributed by atoms with Gasteiger partial charge < -0.3 is 15.4 Å². The Hall–Kier alpha value is -1.18. The number of benzene rings is 1. The molecule has 0 radical (unpaired) electrons. The lowest BCUT2D eigenvalue weighted by molar-refractivity contribution is -0.126. The number of hydrogen-bond acceptors (Lipinski definition) is 5. The Labute approximate surface area is 162 Å². The van der Waals surface area contributed by atoms with Crippen LogP contribution in [0.4, 0.5) is 0 Å². The van der Waals surface area contributed by atoms with Crippen LogP contribution >= 0.6 is 35.3 Å². The molecular weight excluding hydrogens is 381 g/mol. The van der Waals surface area contributed by atoms with Gasteiger partial charge in [-0.3, -0.25) is 4.79 Å². The number of nitrogens with zero attached hydrogens (tertiary/aromatic N) is 1. The van der Waals surface area contributed by atoms with Gasteiger partial charge in [-0.1, -0.05) is 23.7 Å². The van der Waals surface area contributed by atoms with Crippen molar-refractivity contribution in [2.24, 2.45) is 0 Å². The van der Waals surface area contributed by atoms with Gasteiger partial charge in [-0.05, 0) is 26.0 Å². The van der Waals surface area contributed by atoms with E-state index in [4.69, 9.17) is 16.3 Å². The lowest BCUT2D eigenvalue weighted by atomic mass is 10.2. The number of carbonyl (C=O) groups is 1. The Morgan fingerprint density at radius 3 is 2.80 bits per heavy atom. The van der Waals surface area contributed by atoms with E-state index >= 15 is 0 Å². The summed E-state index contributed by atoms with van der Waals surface area (Å²) < 4.78 is 5.34. The van der Waals surface area contributed by atoms with Crippen molar-refractivity contribution < 1.29 is 9.53 Å². The first-order chi connectivity index (χ1) is 11.5. The zero-order valence-electron chi connectivity index (χ0n) is 14.0. The predicted molar refractivity (Wildman–Crippen MR) is 104 cm³/mol. The van der Waals surface area contributed by atoms with E-state index in [0.717, 1.165) is 21.1 Å². The second-order valence-electron chi connectivity index (χ2n) is 5.79. The number of rotatable bonds is 4. The number of amides is 1. The monoisotopic (exact) mass is 401 g/mol. The van der Waals surface area contributed by atoms with Crippen molar-refractivity contribution in [2.45, 2.75) is 25.9 Å². The average molecular weight is 402 g/mol. The number of aryl methyl sites for hydroxylation is 1. The van der Waals surface area contributed by atoms with E-state index in [9.17, 15) is 4.79 Å². The first kappa shape index (κ1) is 20.1. The molecule has 1 aromatic heterocycles. The highest BCUT2D eigenvalue weighted by atomic mass is 35.5. The van der Waals surface area contributed by atoms with Gasteiger partial charge in [0.2, 0.25) is 5.91 Å². The summed E-state index contributed by atoms with van der Waals surface area (Å²) >= 11 is 7.53. The minimum Gasteiger partial charge on any atom is -0.378 e. The van der Waals surface area contributed by atoms with Gasteiger partial charge >= 0.3 is 0 Å². The fourth-order valence-electron chi connectivity index (χ4n) is 2.64. The standard InChI is InChI=1S/C17H20ClN3O2S.ClH/c1-10(20-16(22)14-9-23-8-7-19-14)15-11(2)21-17(24-15)12-3-5-13(18)6-4-12;/h3-6,10,14,19H,7-9H2,1-2H3,(H,20,22);1H. The molecule has 1 aromatic carbocycles. The predicted octanol–water partition coefficient (Wildman–Crippen LogP) is 3.36. The Bertz CT molecular complexity index is 715. The Balaban J connectivity index is 0.00000225. The van der Waals surface area contributed by atoms with Crippen molar-refractivity contribution in [3.05, 3.63) is 39.9 Å². The number of nitrogens with one attached hydrogen (secondary N) is 2. The number of ether oxygens (including phenoxy) is 1. The third-order valence-electron chi connectivity index (χ3n) is 3.91. The molecule has 1 aliphatic rings. The van der Waals surface area contributed by atoms with E-state index in [0.29, 0.717) is 24.8 Å². The van der Waals surface area contributed by atoms with Gasteiger partial charge in [0, 0.05) is 17.1 Å². The maximum atomic E-state index is 12.3. The molecule has 25 heavy (non-hydrogen) atoms. The van der Waals surface area contributed by atoms with Crippen molar-refractivity contribution in [3.8, 4) is 10.6 Å². The third kappa shape index (κ3) is 4.92. The van der Waals surface area contributed by atoms with Crippen molar-refractivity contribution in [1.82, 2.24) is 15.6 Å². The average Bonchev–Trinajstić information content (AvgIpc) is 2.98. The number of thiazole rings is 1. The van der Waals surface area contributed by atoms with Crippen LogP contribution in [0.15, 0.2) is 24.3 Å². The van der Waals surface area contributed by atoms with Crippen molar-refractivity contribution in [3.63, 3.8) is 0 Å². The molecule has 3 rings (SSSR count). The van der Waals surface area contributed by atoms with Crippen LogP contribution in [0.2, 0.25) is 5.02 Å². The number of carbonyl (C=O) groups excluding carboxylic acids is 1. The van der Waals surface area contributed by atoms with E-state index in [1.807, 2.05) is 38.1 Å². The van der Waals surface area contributed by atoms with Crippen molar-refractivity contribution in [2.75, 3.05) is 19.8 Å². The SMILES string of the molecule is Cc1nc(-c2ccc(Cl)cc2)sc1C(C)NC(=O)C1COCCN1.Cl. The van der Waals surface area contributed by atoms with Crippen LogP contribution in [0.1, 0.15) is 23.5 Å². The van der Waals surface area contributed by atoms with Crippen LogP contribution in [0.5, 0.6) is 0 Å². The van der Waals surface area contributed by atoms with E-state index in [1.54, 1.807) is 11.3 Å². The van der Waals surface area contributed by atoms with Crippen LogP contribution in [-0.2, 0) is 9.53 Å². The molecule has 0 bridgehead atoms. The summed E-state index contributed by atoms with van der Waals surface area (Å²) in [5.74, 6) is -0.0388. The fourth-order valence-corrected chi connectivity index (χ4v) is 3.84. The molecule has 2 atom stereocenters. The number of morpholine rings is 1. The molecule has 2 heterocycles. The highest BCUT2D eigenvalue weighted by Crippen LogP contribution is 2.32. The molecule has 5 nitrogen and oxygen atoms in total. The summed E-state index contributed by atoms with van der Waals surface area (Å²) in [6.45, 7) is 5.71. The normalized spacial score (nSPS) is 18.3. The largest absolute Gasteiger partial charge is 0.378 e. The maximum Gasteiger partial charge on any atom is 0.240 e. The van der Waals surface area contributed by atoms with Gasteiger partial charge in [0.1, 0.15) is 11.0 Å². The molecule has 2 unspecified atom stereocenters. The molecule has 8 heteroatoms. The van der Waals surface area contributed by atoms with Crippen LogP contribution in [0, 0.1) is 6.92 Å². The number of halogens is 2. The summed E-state index contributed by atoms with van der Waals surface area (Å²) in [5, 5.41) is 7.85.